The molecule has 1 heterocycles. The zero-order valence-electron chi connectivity index (χ0n) is 6.99. The minimum atomic E-state index is 0.652. The van der Waals surface area contributed by atoms with Gasteiger partial charge in [0.05, 0.1) is 4.88 Å². The van der Waals surface area contributed by atoms with Crippen molar-refractivity contribution in [3.63, 3.8) is 0 Å². The van der Waals surface area contributed by atoms with Crippen molar-refractivity contribution in [3.05, 3.63) is 4.88 Å². The van der Waals surface area contributed by atoms with E-state index in [1.54, 1.807) is 0 Å². The topological polar surface area (TPSA) is 51.8 Å². The minimum Gasteiger partial charge on any atom is -0.381 e. The maximum atomic E-state index is 5.71. The molecule has 0 unspecified atom stereocenters. The van der Waals surface area contributed by atoms with Gasteiger partial charge in [-0.25, -0.2) is 0 Å². The van der Waals surface area contributed by atoms with Gasteiger partial charge in [-0.3, -0.25) is 0 Å². The Morgan fingerprint density at radius 1 is 1.25 bits per heavy atom. The SMILES string of the molecule is Nc1nnsc1C1CCCCC1. The normalized spacial score (nSPS) is 19.7. The van der Waals surface area contributed by atoms with E-state index < -0.39 is 0 Å². The fourth-order valence-electron chi connectivity index (χ4n) is 1.85. The van der Waals surface area contributed by atoms with E-state index >= 15 is 0 Å². The predicted octanol–water partition coefficient (Wildman–Crippen LogP) is 2.17. The molecular formula is C8H13N3S. The third-order valence-electron chi connectivity index (χ3n) is 2.52. The molecule has 0 bridgehead atoms. The summed E-state index contributed by atoms with van der Waals surface area (Å²) in [6.45, 7) is 0. The van der Waals surface area contributed by atoms with Crippen molar-refractivity contribution in [2.45, 2.75) is 38.0 Å². The molecule has 1 aliphatic rings. The summed E-state index contributed by atoms with van der Waals surface area (Å²) >= 11 is 1.47. The Morgan fingerprint density at radius 2 is 2.00 bits per heavy atom. The Kier molecular flexibility index (Phi) is 2.26. The summed E-state index contributed by atoms with van der Waals surface area (Å²) in [6, 6.07) is 0. The number of nitrogens with zero attached hydrogens (tertiary/aromatic N) is 2. The monoisotopic (exact) mass is 183 g/mol. The molecule has 66 valence electrons. The first-order chi connectivity index (χ1) is 5.88. The lowest BCUT2D eigenvalue weighted by molar-refractivity contribution is 0.448. The van der Waals surface area contributed by atoms with Crippen molar-refractivity contribution in [2.75, 3.05) is 5.73 Å². The maximum absolute atomic E-state index is 5.71. The van der Waals surface area contributed by atoms with E-state index in [0.717, 1.165) is 0 Å². The van der Waals surface area contributed by atoms with Gasteiger partial charge in [-0.15, -0.1) is 5.10 Å². The molecule has 1 saturated carbocycles. The molecule has 0 aromatic carbocycles. The lowest BCUT2D eigenvalue weighted by atomic mass is 9.88. The van der Waals surface area contributed by atoms with E-state index in [4.69, 9.17) is 5.73 Å². The van der Waals surface area contributed by atoms with Crippen LogP contribution in [0.3, 0.4) is 0 Å². The molecule has 2 N–H and O–H groups in total. The second-order valence-electron chi connectivity index (χ2n) is 3.36. The Bertz CT molecular complexity index is 253. The molecule has 0 amide bonds. The van der Waals surface area contributed by atoms with Crippen molar-refractivity contribution >= 4 is 17.4 Å². The van der Waals surface area contributed by atoms with E-state index in [0.29, 0.717) is 11.7 Å². The van der Waals surface area contributed by atoms with Crippen molar-refractivity contribution in [2.24, 2.45) is 0 Å². The van der Waals surface area contributed by atoms with Gasteiger partial charge in [0.25, 0.3) is 0 Å². The van der Waals surface area contributed by atoms with Gasteiger partial charge in [-0.2, -0.15) is 0 Å². The molecule has 0 aliphatic heterocycles. The van der Waals surface area contributed by atoms with Gasteiger partial charge >= 0.3 is 0 Å². The highest BCUT2D eigenvalue weighted by Crippen LogP contribution is 2.36. The van der Waals surface area contributed by atoms with Gasteiger partial charge in [0.1, 0.15) is 0 Å². The van der Waals surface area contributed by atoms with Gasteiger partial charge in [-0.1, -0.05) is 23.8 Å². The molecule has 1 fully saturated rings. The molecule has 0 saturated heterocycles. The van der Waals surface area contributed by atoms with E-state index in [9.17, 15) is 0 Å². The largest absolute Gasteiger partial charge is 0.381 e. The van der Waals surface area contributed by atoms with Crippen LogP contribution in [-0.4, -0.2) is 9.59 Å². The number of aromatic nitrogens is 2. The van der Waals surface area contributed by atoms with Crippen LogP contribution in [-0.2, 0) is 0 Å². The number of hydrogen-bond acceptors (Lipinski definition) is 4. The van der Waals surface area contributed by atoms with Crippen LogP contribution < -0.4 is 5.73 Å². The van der Waals surface area contributed by atoms with Crippen LogP contribution >= 0.6 is 11.5 Å². The Balaban J connectivity index is 2.13. The van der Waals surface area contributed by atoms with E-state index in [1.807, 2.05) is 0 Å². The average molecular weight is 183 g/mol. The third-order valence-corrected chi connectivity index (χ3v) is 3.42. The quantitative estimate of drug-likeness (QED) is 0.726. The second-order valence-corrected chi connectivity index (χ2v) is 4.14. The molecule has 1 aliphatic carbocycles. The molecule has 1 aromatic heterocycles. The van der Waals surface area contributed by atoms with Crippen molar-refractivity contribution in [3.8, 4) is 0 Å². The average Bonchev–Trinajstić information content (AvgIpc) is 2.53. The second kappa shape index (κ2) is 3.39. The zero-order valence-corrected chi connectivity index (χ0v) is 7.81. The predicted molar refractivity (Wildman–Crippen MR) is 50.1 cm³/mol. The Hall–Kier alpha value is -0.640. The first-order valence-electron chi connectivity index (χ1n) is 4.45. The van der Waals surface area contributed by atoms with Crippen LogP contribution in [0, 0.1) is 0 Å². The van der Waals surface area contributed by atoms with E-state index in [1.165, 1.54) is 48.5 Å². The first kappa shape index (κ1) is 7.98. The smallest absolute Gasteiger partial charge is 0.162 e. The molecule has 3 nitrogen and oxygen atoms in total. The number of anilines is 1. The molecule has 0 spiro atoms. The summed E-state index contributed by atoms with van der Waals surface area (Å²) in [6.07, 6.45) is 6.59. The summed E-state index contributed by atoms with van der Waals surface area (Å²) in [5.74, 6) is 1.31. The number of nitrogen functional groups attached to an aromatic ring is 1. The molecule has 0 atom stereocenters. The number of hydrogen-bond donors (Lipinski definition) is 1. The highest BCUT2D eigenvalue weighted by atomic mass is 32.1. The van der Waals surface area contributed by atoms with Gasteiger partial charge in [0.2, 0.25) is 0 Å². The fourth-order valence-corrected chi connectivity index (χ4v) is 2.59. The van der Waals surface area contributed by atoms with Crippen molar-refractivity contribution < 1.29 is 0 Å². The van der Waals surface area contributed by atoms with Crippen LogP contribution in [0.25, 0.3) is 0 Å². The van der Waals surface area contributed by atoms with E-state index in [2.05, 4.69) is 9.59 Å². The molecule has 1 aromatic rings. The van der Waals surface area contributed by atoms with Crippen molar-refractivity contribution in [1.82, 2.24) is 9.59 Å². The zero-order chi connectivity index (χ0) is 8.39. The highest BCUT2D eigenvalue weighted by molar-refractivity contribution is 7.06. The molecular weight excluding hydrogens is 170 g/mol. The molecule has 4 heteroatoms. The Labute approximate surface area is 76.1 Å². The fraction of sp³-hybridized carbons (Fsp3) is 0.750. The van der Waals surface area contributed by atoms with Crippen LogP contribution in [0.15, 0.2) is 0 Å². The van der Waals surface area contributed by atoms with E-state index in [-0.39, 0.29) is 0 Å². The van der Waals surface area contributed by atoms with Gasteiger partial charge in [0, 0.05) is 0 Å². The number of nitrogens with two attached hydrogens (primary N) is 1. The van der Waals surface area contributed by atoms with Crippen LogP contribution in [0.4, 0.5) is 5.82 Å². The lowest BCUT2D eigenvalue weighted by Crippen LogP contribution is -2.04. The summed E-state index contributed by atoms with van der Waals surface area (Å²) < 4.78 is 3.86. The first-order valence-corrected chi connectivity index (χ1v) is 5.23. The summed E-state index contributed by atoms with van der Waals surface area (Å²) in [4.78, 5) is 1.22. The van der Waals surface area contributed by atoms with Crippen LogP contribution in [0.2, 0.25) is 0 Å². The summed E-state index contributed by atoms with van der Waals surface area (Å²) in [5, 5.41) is 3.84. The highest BCUT2D eigenvalue weighted by Gasteiger charge is 2.19. The molecule has 0 radical (unpaired) electrons. The summed E-state index contributed by atoms with van der Waals surface area (Å²) in [7, 11) is 0. The molecule has 2 rings (SSSR count). The maximum Gasteiger partial charge on any atom is 0.162 e. The Morgan fingerprint density at radius 3 is 2.58 bits per heavy atom. The van der Waals surface area contributed by atoms with Gasteiger partial charge in [-0.05, 0) is 30.3 Å². The van der Waals surface area contributed by atoms with Crippen LogP contribution in [0.1, 0.15) is 42.9 Å². The standard InChI is InChI=1S/C8H13N3S/c9-8-7(12-11-10-8)6-4-2-1-3-5-6/h6H,1-5,9H2. The van der Waals surface area contributed by atoms with Crippen molar-refractivity contribution in [1.29, 1.82) is 0 Å². The number of rotatable bonds is 1. The van der Waals surface area contributed by atoms with Gasteiger partial charge in [0.15, 0.2) is 5.82 Å². The molecule has 12 heavy (non-hydrogen) atoms. The summed E-state index contributed by atoms with van der Waals surface area (Å²) in [5.41, 5.74) is 5.71. The third kappa shape index (κ3) is 1.43. The van der Waals surface area contributed by atoms with Gasteiger partial charge < -0.3 is 5.73 Å². The van der Waals surface area contributed by atoms with Crippen LogP contribution in [0.5, 0.6) is 0 Å². The minimum absolute atomic E-state index is 0.652. The lowest BCUT2D eigenvalue weighted by Gasteiger charge is -2.19.